The van der Waals surface area contributed by atoms with Crippen LogP contribution in [-0.4, -0.2) is 37.2 Å². The van der Waals surface area contributed by atoms with Crippen LogP contribution < -0.4 is 4.74 Å². The average molecular weight is 276 g/mol. The van der Waals surface area contributed by atoms with Crippen molar-refractivity contribution in [1.29, 1.82) is 0 Å². The number of ether oxygens (including phenoxy) is 3. The first kappa shape index (κ1) is 13.1. The molecule has 0 bridgehead atoms. The molecule has 3 rings (SSSR count). The van der Waals surface area contributed by atoms with Gasteiger partial charge < -0.3 is 14.2 Å². The fourth-order valence-corrected chi connectivity index (χ4v) is 3.09. The number of para-hydroxylation sites is 1. The molecule has 1 heterocycles. The van der Waals surface area contributed by atoms with Crippen LogP contribution in [0, 0.1) is 5.92 Å². The summed E-state index contributed by atoms with van der Waals surface area (Å²) in [7, 11) is 1.30. The SMILES string of the molecule is CCOC1C[C@@]2(C(=O)OC)Oc3ccccc3C(=O)[C@@H]12. The van der Waals surface area contributed by atoms with Crippen molar-refractivity contribution in [3.63, 3.8) is 0 Å². The maximum Gasteiger partial charge on any atom is 0.351 e. The number of carbonyl (C=O) groups excluding carboxylic acids is 2. The summed E-state index contributed by atoms with van der Waals surface area (Å²) in [6, 6.07) is 6.96. The zero-order chi connectivity index (χ0) is 14.3. The maximum atomic E-state index is 12.6. The third-order valence-electron chi connectivity index (χ3n) is 4.02. The molecule has 0 N–H and O–H groups in total. The minimum absolute atomic E-state index is 0.109. The summed E-state index contributed by atoms with van der Waals surface area (Å²) in [5, 5.41) is 0. The van der Waals surface area contributed by atoms with Crippen LogP contribution in [0.25, 0.3) is 0 Å². The number of benzene rings is 1. The highest BCUT2D eigenvalue weighted by Gasteiger charge is 2.68. The number of methoxy groups -OCH3 is 1. The molecule has 0 amide bonds. The third-order valence-corrected chi connectivity index (χ3v) is 4.02. The van der Waals surface area contributed by atoms with Crippen LogP contribution >= 0.6 is 0 Å². The molecule has 106 valence electrons. The quantitative estimate of drug-likeness (QED) is 0.785. The Labute approximate surface area is 116 Å². The van der Waals surface area contributed by atoms with Crippen LogP contribution in [0.1, 0.15) is 23.7 Å². The van der Waals surface area contributed by atoms with E-state index in [9.17, 15) is 9.59 Å². The molecule has 20 heavy (non-hydrogen) atoms. The Morgan fingerprint density at radius 2 is 2.20 bits per heavy atom. The molecule has 3 atom stereocenters. The van der Waals surface area contributed by atoms with E-state index in [1.807, 2.05) is 6.92 Å². The molecule has 1 unspecified atom stereocenters. The molecule has 0 radical (unpaired) electrons. The summed E-state index contributed by atoms with van der Waals surface area (Å²) in [5.74, 6) is -0.804. The molecule has 1 aromatic carbocycles. The Kier molecular flexibility index (Phi) is 3.01. The Morgan fingerprint density at radius 3 is 2.90 bits per heavy atom. The van der Waals surface area contributed by atoms with Gasteiger partial charge in [0.15, 0.2) is 5.78 Å². The van der Waals surface area contributed by atoms with Crippen molar-refractivity contribution in [1.82, 2.24) is 0 Å². The third kappa shape index (κ3) is 1.59. The molecule has 1 fully saturated rings. The second kappa shape index (κ2) is 4.59. The normalized spacial score (nSPS) is 30.6. The van der Waals surface area contributed by atoms with Gasteiger partial charge in [-0.25, -0.2) is 4.79 Å². The first-order valence-electron chi connectivity index (χ1n) is 6.66. The number of carbonyl (C=O) groups is 2. The van der Waals surface area contributed by atoms with Gasteiger partial charge in [-0.1, -0.05) is 12.1 Å². The predicted octanol–water partition coefficient (Wildman–Crippen LogP) is 1.60. The van der Waals surface area contributed by atoms with Gasteiger partial charge in [-0.05, 0) is 19.1 Å². The van der Waals surface area contributed by atoms with Gasteiger partial charge >= 0.3 is 5.97 Å². The first-order chi connectivity index (χ1) is 9.64. The van der Waals surface area contributed by atoms with E-state index in [4.69, 9.17) is 14.2 Å². The highest BCUT2D eigenvalue weighted by atomic mass is 16.6. The van der Waals surface area contributed by atoms with Crippen molar-refractivity contribution in [2.24, 2.45) is 5.92 Å². The van der Waals surface area contributed by atoms with Crippen LogP contribution in [-0.2, 0) is 14.3 Å². The summed E-state index contributed by atoms with van der Waals surface area (Å²) < 4.78 is 16.2. The maximum absolute atomic E-state index is 12.6. The zero-order valence-electron chi connectivity index (χ0n) is 11.4. The molecule has 0 saturated heterocycles. The van der Waals surface area contributed by atoms with E-state index in [1.54, 1.807) is 24.3 Å². The molecular weight excluding hydrogens is 260 g/mol. The van der Waals surface area contributed by atoms with E-state index in [0.29, 0.717) is 24.3 Å². The van der Waals surface area contributed by atoms with Gasteiger partial charge in [0.2, 0.25) is 5.60 Å². The fourth-order valence-electron chi connectivity index (χ4n) is 3.09. The van der Waals surface area contributed by atoms with E-state index in [2.05, 4.69) is 0 Å². The molecule has 1 saturated carbocycles. The highest BCUT2D eigenvalue weighted by molar-refractivity contribution is 6.07. The minimum Gasteiger partial charge on any atom is -0.474 e. The summed E-state index contributed by atoms with van der Waals surface area (Å²) >= 11 is 0. The highest BCUT2D eigenvalue weighted by Crippen LogP contribution is 2.51. The molecule has 1 aromatic rings. The van der Waals surface area contributed by atoms with E-state index >= 15 is 0 Å². The van der Waals surface area contributed by atoms with E-state index < -0.39 is 17.5 Å². The lowest BCUT2D eigenvalue weighted by molar-refractivity contribution is -0.200. The van der Waals surface area contributed by atoms with Crippen LogP contribution in [0.2, 0.25) is 0 Å². The molecular formula is C15H16O5. The standard InChI is InChI=1S/C15H16O5/c1-3-19-11-8-15(14(17)18-2)12(11)13(16)9-6-4-5-7-10(9)20-15/h4-7,11-12H,3,8H2,1-2H3/t11?,12-,15-/m1/s1. The zero-order valence-corrected chi connectivity index (χ0v) is 11.4. The molecule has 5 nitrogen and oxygen atoms in total. The van der Waals surface area contributed by atoms with E-state index in [1.165, 1.54) is 7.11 Å². The van der Waals surface area contributed by atoms with E-state index in [0.717, 1.165) is 0 Å². The molecule has 0 spiro atoms. The van der Waals surface area contributed by atoms with Gasteiger partial charge in [0, 0.05) is 13.0 Å². The minimum atomic E-state index is -1.22. The first-order valence-corrected chi connectivity index (χ1v) is 6.66. The van der Waals surface area contributed by atoms with Gasteiger partial charge in [-0.15, -0.1) is 0 Å². The van der Waals surface area contributed by atoms with Gasteiger partial charge in [-0.2, -0.15) is 0 Å². The smallest absolute Gasteiger partial charge is 0.351 e. The Hall–Kier alpha value is -1.88. The second-order valence-electron chi connectivity index (χ2n) is 5.02. The lowest BCUT2D eigenvalue weighted by Gasteiger charge is -2.52. The number of esters is 1. The van der Waals surface area contributed by atoms with Crippen LogP contribution in [0.3, 0.4) is 0 Å². The van der Waals surface area contributed by atoms with E-state index in [-0.39, 0.29) is 11.9 Å². The number of ketones is 1. The van der Waals surface area contributed by atoms with Crippen molar-refractivity contribution >= 4 is 11.8 Å². The Balaban J connectivity index is 2.03. The largest absolute Gasteiger partial charge is 0.474 e. The monoisotopic (exact) mass is 276 g/mol. The fraction of sp³-hybridized carbons (Fsp3) is 0.467. The molecule has 1 aliphatic carbocycles. The Bertz CT molecular complexity index is 567. The van der Waals surface area contributed by atoms with Crippen LogP contribution in [0.4, 0.5) is 0 Å². The van der Waals surface area contributed by atoms with Crippen molar-refractivity contribution in [2.45, 2.75) is 25.0 Å². The van der Waals surface area contributed by atoms with Crippen molar-refractivity contribution in [3.05, 3.63) is 29.8 Å². The number of hydrogen-bond donors (Lipinski definition) is 0. The molecule has 0 aromatic heterocycles. The summed E-state index contributed by atoms with van der Waals surface area (Å²) in [6.07, 6.45) is 0.0538. The summed E-state index contributed by atoms with van der Waals surface area (Å²) in [5.41, 5.74) is -0.721. The summed E-state index contributed by atoms with van der Waals surface area (Å²) in [6.45, 7) is 2.35. The topological polar surface area (TPSA) is 61.8 Å². The van der Waals surface area contributed by atoms with Crippen molar-refractivity contribution in [2.75, 3.05) is 13.7 Å². The lowest BCUT2D eigenvalue weighted by Crippen LogP contribution is -2.70. The predicted molar refractivity (Wildman–Crippen MR) is 69.7 cm³/mol. The Morgan fingerprint density at radius 1 is 1.45 bits per heavy atom. The summed E-state index contributed by atoms with van der Waals surface area (Å²) in [4.78, 5) is 24.7. The van der Waals surface area contributed by atoms with Gasteiger partial charge in [0.05, 0.1) is 24.7 Å². The van der Waals surface area contributed by atoms with Gasteiger partial charge in [0.25, 0.3) is 0 Å². The van der Waals surface area contributed by atoms with Gasteiger partial charge in [0.1, 0.15) is 5.75 Å². The van der Waals surface area contributed by atoms with Gasteiger partial charge in [-0.3, -0.25) is 4.79 Å². The van der Waals surface area contributed by atoms with Crippen LogP contribution in [0.15, 0.2) is 24.3 Å². The molecule has 5 heteroatoms. The number of fused-ring (bicyclic) bond motifs is 2. The number of rotatable bonds is 3. The van der Waals surface area contributed by atoms with Crippen molar-refractivity contribution < 1.29 is 23.8 Å². The molecule has 1 aliphatic heterocycles. The number of Topliss-reactive ketones (excluding diaryl/α,β-unsaturated/α-hetero) is 1. The van der Waals surface area contributed by atoms with Crippen LogP contribution in [0.5, 0.6) is 5.75 Å². The lowest BCUT2D eigenvalue weighted by atomic mass is 9.62. The molecule has 2 aliphatic rings. The van der Waals surface area contributed by atoms with Crippen molar-refractivity contribution in [3.8, 4) is 5.75 Å². The second-order valence-corrected chi connectivity index (χ2v) is 5.02. The average Bonchev–Trinajstić information content (AvgIpc) is 2.44. The number of hydrogen-bond acceptors (Lipinski definition) is 5.